The zero-order valence-electron chi connectivity index (χ0n) is 5.16. The molecule has 0 amide bonds. The van der Waals surface area contributed by atoms with Gasteiger partial charge in [-0.25, -0.2) is 0 Å². The van der Waals surface area contributed by atoms with Crippen molar-refractivity contribution in [3.05, 3.63) is 30.9 Å². The predicted octanol–water partition coefficient (Wildman–Crippen LogP) is 0.919. The fraction of sp³-hybridized carbons (Fsp3) is 0.143. The lowest BCUT2D eigenvalue weighted by molar-refractivity contribution is 0.104. The van der Waals surface area contributed by atoms with Crippen LogP contribution in [0, 0.1) is 6.92 Å². The number of hydrogen-bond acceptors (Lipinski definition) is 1. The highest BCUT2D eigenvalue weighted by Gasteiger charge is 1.97. The summed E-state index contributed by atoms with van der Waals surface area (Å²) in [5.41, 5.74) is 0.553. The van der Waals surface area contributed by atoms with Crippen molar-refractivity contribution in [1.29, 1.82) is 0 Å². The smallest absolute Gasteiger partial charge is 0.168 e. The van der Waals surface area contributed by atoms with Crippen molar-refractivity contribution in [2.24, 2.45) is 7.05 Å². The van der Waals surface area contributed by atoms with E-state index in [2.05, 4.69) is 0 Å². The first-order valence-electron chi connectivity index (χ1n) is 2.62. The largest absolute Gasteiger partial charge is 0.357 e. The van der Waals surface area contributed by atoms with E-state index in [-0.39, 0.29) is 5.78 Å². The van der Waals surface area contributed by atoms with Crippen LogP contribution in [0.5, 0.6) is 0 Å². The Hall–Kier alpha value is -1.05. The Labute approximate surface area is 54.1 Å². The molecule has 1 aromatic heterocycles. The van der Waals surface area contributed by atoms with Crippen molar-refractivity contribution >= 4 is 5.78 Å². The monoisotopic (exact) mass is 121 g/mol. The van der Waals surface area contributed by atoms with Crippen molar-refractivity contribution in [1.82, 2.24) is 4.57 Å². The lowest BCUT2D eigenvalue weighted by Crippen LogP contribution is -1.88. The van der Waals surface area contributed by atoms with Crippen LogP contribution < -0.4 is 0 Å². The molecule has 9 heavy (non-hydrogen) atoms. The minimum Gasteiger partial charge on any atom is -0.357 e. The van der Waals surface area contributed by atoms with E-state index in [4.69, 9.17) is 6.92 Å². The van der Waals surface area contributed by atoms with Crippen molar-refractivity contribution in [3.8, 4) is 0 Å². The summed E-state index contributed by atoms with van der Waals surface area (Å²) in [6.07, 6.45) is 3.46. The number of carbonyl (C=O) groups is 1. The van der Waals surface area contributed by atoms with Gasteiger partial charge in [-0.3, -0.25) is 4.79 Å². The third-order valence-electron chi connectivity index (χ3n) is 1.12. The minimum atomic E-state index is -0.379. The van der Waals surface area contributed by atoms with Crippen LogP contribution in [0.15, 0.2) is 18.5 Å². The number of rotatable bonds is 1. The summed E-state index contributed by atoms with van der Waals surface area (Å²) >= 11 is 0. The van der Waals surface area contributed by atoms with E-state index < -0.39 is 0 Å². The van der Waals surface area contributed by atoms with Gasteiger partial charge in [-0.05, 0) is 6.07 Å². The molecule has 0 atom stereocenters. The summed E-state index contributed by atoms with van der Waals surface area (Å²) in [4.78, 5) is 10.4. The van der Waals surface area contributed by atoms with Gasteiger partial charge in [0.1, 0.15) is 0 Å². The van der Waals surface area contributed by atoms with Crippen LogP contribution >= 0.6 is 0 Å². The van der Waals surface area contributed by atoms with E-state index in [0.29, 0.717) is 5.56 Å². The van der Waals surface area contributed by atoms with Crippen molar-refractivity contribution < 1.29 is 4.79 Å². The number of hydrogen-bond donors (Lipinski definition) is 0. The molecule has 2 nitrogen and oxygen atoms in total. The van der Waals surface area contributed by atoms with Gasteiger partial charge in [0, 0.05) is 31.9 Å². The molecule has 0 aliphatic carbocycles. The molecule has 0 spiro atoms. The molecule has 0 aliphatic heterocycles. The second-order valence-corrected chi connectivity index (χ2v) is 1.93. The lowest BCUT2D eigenvalue weighted by Gasteiger charge is -1.84. The van der Waals surface area contributed by atoms with E-state index in [1.807, 2.05) is 7.05 Å². The third-order valence-corrected chi connectivity index (χ3v) is 1.12. The number of nitrogens with zero attached hydrogens (tertiary/aromatic N) is 1. The lowest BCUT2D eigenvalue weighted by atomic mass is 10.2. The van der Waals surface area contributed by atoms with Crippen LogP contribution in [0.2, 0.25) is 0 Å². The van der Waals surface area contributed by atoms with Gasteiger partial charge in [0.05, 0.1) is 0 Å². The van der Waals surface area contributed by atoms with E-state index in [1.54, 1.807) is 23.0 Å². The quantitative estimate of drug-likeness (QED) is 0.506. The summed E-state index contributed by atoms with van der Waals surface area (Å²) < 4.78 is 1.78. The van der Waals surface area contributed by atoms with E-state index in [9.17, 15) is 4.79 Å². The molecule has 0 bridgehead atoms. The summed E-state index contributed by atoms with van der Waals surface area (Å²) in [6, 6.07) is 1.68. The van der Waals surface area contributed by atoms with Gasteiger partial charge in [0.15, 0.2) is 5.78 Å². The summed E-state index contributed by atoms with van der Waals surface area (Å²) in [5, 5.41) is 0. The zero-order chi connectivity index (χ0) is 6.85. The van der Waals surface area contributed by atoms with Crippen molar-refractivity contribution in [3.63, 3.8) is 0 Å². The second-order valence-electron chi connectivity index (χ2n) is 1.93. The molecule has 1 rings (SSSR count). The van der Waals surface area contributed by atoms with Gasteiger partial charge in [-0.1, -0.05) is 0 Å². The van der Waals surface area contributed by atoms with Gasteiger partial charge in [0.25, 0.3) is 0 Å². The third kappa shape index (κ3) is 1.19. The molecule has 0 fully saturated rings. The Morgan fingerprint density at radius 1 is 1.78 bits per heavy atom. The molecule has 1 heterocycles. The minimum absolute atomic E-state index is 0.379. The number of carbonyl (C=O) groups excluding carboxylic acids is 1. The maximum atomic E-state index is 10.4. The predicted molar refractivity (Wildman–Crippen MR) is 34.0 cm³/mol. The zero-order valence-corrected chi connectivity index (χ0v) is 5.16. The molecule has 0 aliphatic rings. The molecule has 0 saturated heterocycles. The fourth-order valence-corrected chi connectivity index (χ4v) is 0.649. The van der Waals surface area contributed by atoms with Crippen LogP contribution in [-0.2, 0) is 7.05 Å². The summed E-state index contributed by atoms with van der Waals surface area (Å²) in [5.74, 6) is -0.379. The first-order valence-corrected chi connectivity index (χ1v) is 2.62. The number of Topliss-reactive ketones (excluding diaryl/α,β-unsaturated/α-hetero) is 1. The SMILES string of the molecule is [CH]C(=O)c1ccn(C)c1. The molecule has 2 radical (unpaired) electrons. The summed E-state index contributed by atoms with van der Waals surface area (Å²) in [6.45, 7) is 4.97. The van der Waals surface area contributed by atoms with E-state index >= 15 is 0 Å². The first kappa shape index (κ1) is 6.08. The maximum Gasteiger partial charge on any atom is 0.168 e. The van der Waals surface area contributed by atoms with Gasteiger partial charge >= 0.3 is 0 Å². The molecule has 0 N–H and O–H groups in total. The van der Waals surface area contributed by atoms with Gasteiger partial charge < -0.3 is 4.57 Å². The average molecular weight is 121 g/mol. The highest BCUT2D eigenvalue weighted by molar-refractivity contribution is 5.99. The first-order chi connectivity index (χ1) is 4.20. The Morgan fingerprint density at radius 2 is 2.44 bits per heavy atom. The normalized spacial score (nSPS) is 9.56. The Kier molecular flexibility index (Phi) is 1.39. The van der Waals surface area contributed by atoms with Crippen LogP contribution in [0.1, 0.15) is 10.4 Å². The van der Waals surface area contributed by atoms with Crippen LogP contribution in [0.4, 0.5) is 0 Å². The van der Waals surface area contributed by atoms with Crippen molar-refractivity contribution in [2.75, 3.05) is 0 Å². The number of aryl methyl sites for hydroxylation is 1. The number of aromatic nitrogens is 1. The molecule has 0 saturated carbocycles. The van der Waals surface area contributed by atoms with E-state index in [1.165, 1.54) is 0 Å². The highest BCUT2D eigenvalue weighted by atomic mass is 16.1. The average Bonchev–Trinajstić information content (AvgIpc) is 2.14. The molecule has 46 valence electrons. The van der Waals surface area contributed by atoms with E-state index in [0.717, 1.165) is 0 Å². The van der Waals surface area contributed by atoms with Crippen molar-refractivity contribution in [2.45, 2.75) is 0 Å². The fourth-order valence-electron chi connectivity index (χ4n) is 0.649. The van der Waals surface area contributed by atoms with Crippen LogP contribution in [-0.4, -0.2) is 10.4 Å². The van der Waals surface area contributed by atoms with Crippen LogP contribution in [0.3, 0.4) is 0 Å². The standard InChI is InChI=1S/C7H7NO/c1-6(9)7-3-4-8(2)5-7/h1,3-5H,2H3. The molecular weight excluding hydrogens is 114 g/mol. The van der Waals surface area contributed by atoms with Gasteiger partial charge in [0.2, 0.25) is 0 Å². The Balaban J connectivity index is 2.98. The second kappa shape index (κ2) is 2.05. The molecule has 0 aromatic carbocycles. The molecule has 2 heteroatoms. The molecule has 0 unspecified atom stereocenters. The van der Waals surface area contributed by atoms with Gasteiger partial charge in [-0.2, -0.15) is 0 Å². The maximum absolute atomic E-state index is 10.4. The van der Waals surface area contributed by atoms with Gasteiger partial charge in [-0.15, -0.1) is 0 Å². The molecule has 1 aromatic rings. The Bertz CT molecular complexity index is 225. The highest BCUT2D eigenvalue weighted by Crippen LogP contribution is 1.98. The topological polar surface area (TPSA) is 22.0 Å². The Morgan fingerprint density at radius 3 is 2.67 bits per heavy atom. The molecular formula is C7H7NO. The summed E-state index contributed by atoms with van der Waals surface area (Å²) in [7, 11) is 1.84. The van der Waals surface area contributed by atoms with Crippen LogP contribution in [0.25, 0.3) is 0 Å². The number of ketones is 1.